The SMILES string of the molecule is COc1ccccc1NC(=O)COc1ccc(Cl)cc1C(=O)Nc1ccccc1. The third-order valence-corrected chi connectivity index (χ3v) is 4.19. The van der Waals surface area contributed by atoms with Crippen molar-refractivity contribution in [3.8, 4) is 11.5 Å². The fourth-order valence-corrected chi connectivity index (χ4v) is 2.78. The van der Waals surface area contributed by atoms with E-state index < -0.39 is 0 Å². The summed E-state index contributed by atoms with van der Waals surface area (Å²) in [5, 5.41) is 5.87. The summed E-state index contributed by atoms with van der Waals surface area (Å²) in [5.74, 6) is 0.00554. The van der Waals surface area contributed by atoms with Gasteiger partial charge in [-0.05, 0) is 42.5 Å². The molecule has 0 spiro atoms. The van der Waals surface area contributed by atoms with Gasteiger partial charge in [0.25, 0.3) is 11.8 Å². The Balaban J connectivity index is 1.69. The molecule has 3 aromatic rings. The molecular weight excluding hydrogens is 392 g/mol. The number of ether oxygens (including phenoxy) is 2. The highest BCUT2D eigenvalue weighted by Crippen LogP contribution is 2.25. The minimum atomic E-state index is -0.390. The van der Waals surface area contributed by atoms with Gasteiger partial charge in [0.2, 0.25) is 0 Å². The zero-order chi connectivity index (χ0) is 20.6. The maximum absolute atomic E-state index is 12.6. The first-order valence-electron chi connectivity index (χ1n) is 8.78. The Morgan fingerprint density at radius 1 is 0.897 bits per heavy atom. The van der Waals surface area contributed by atoms with Crippen LogP contribution in [0.4, 0.5) is 11.4 Å². The molecule has 6 nitrogen and oxygen atoms in total. The number of hydrogen-bond acceptors (Lipinski definition) is 4. The Labute approximate surface area is 173 Å². The average Bonchev–Trinajstić information content (AvgIpc) is 2.74. The Kier molecular flexibility index (Phi) is 6.71. The van der Waals surface area contributed by atoms with Crippen LogP contribution >= 0.6 is 11.6 Å². The lowest BCUT2D eigenvalue weighted by atomic mass is 10.2. The van der Waals surface area contributed by atoms with Gasteiger partial charge in [-0.3, -0.25) is 9.59 Å². The Morgan fingerprint density at radius 3 is 2.38 bits per heavy atom. The van der Waals surface area contributed by atoms with Crippen LogP contribution in [0.5, 0.6) is 11.5 Å². The molecule has 0 bridgehead atoms. The second kappa shape index (κ2) is 9.61. The fourth-order valence-electron chi connectivity index (χ4n) is 2.60. The normalized spacial score (nSPS) is 10.1. The van der Waals surface area contributed by atoms with Gasteiger partial charge in [-0.25, -0.2) is 0 Å². The van der Waals surface area contributed by atoms with Crippen LogP contribution in [-0.2, 0) is 4.79 Å². The van der Waals surface area contributed by atoms with E-state index in [1.807, 2.05) is 18.2 Å². The minimum absolute atomic E-state index is 0.228. The number of amides is 2. The van der Waals surface area contributed by atoms with Crippen LogP contribution < -0.4 is 20.1 Å². The van der Waals surface area contributed by atoms with Gasteiger partial charge >= 0.3 is 0 Å². The summed E-state index contributed by atoms with van der Waals surface area (Å²) in [4.78, 5) is 24.9. The van der Waals surface area contributed by atoms with Gasteiger partial charge in [-0.2, -0.15) is 0 Å². The quantitative estimate of drug-likeness (QED) is 0.596. The maximum Gasteiger partial charge on any atom is 0.262 e. The van der Waals surface area contributed by atoms with E-state index in [4.69, 9.17) is 21.1 Å². The minimum Gasteiger partial charge on any atom is -0.495 e. The molecule has 0 radical (unpaired) electrons. The van der Waals surface area contributed by atoms with Gasteiger partial charge < -0.3 is 20.1 Å². The highest BCUT2D eigenvalue weighted by molar-refractivity contribution is 6.31. The third kappa shape index (κ3) is 5.49. The molecule has 29 heavy (non-hydrogen) atoms. The predicted octanol–water partition coefficient (Wildman–Crippen LogP) is 4.62. The van der Waals surface area contributed by atoms with Gasteiger partial charge in [0.1, 0.15) is 11.5 Å². The van der Waals surface area contributed by atoms with Crippen LogP contribution in [0.25, 0.3) is 0 Å². The number of halogens is 1. The first-order chi connectivity index (χ1) is 14.1. The van der Waals surface area contributed by atoms with Crippen molar-refractivity contribution in [2.45, 2.75) is 0 Å². The Hall–Kier alpha value is -3.51. The van der Waals surface area contributed by atoms with Crippen molar-refractivity contribution in [2.24, 2.45) is 0 Å². The molecular formula is C22H19ClN2O4. The highest BCUT2D eigenvalue weighted by Gasteiger charge is 2.15. The Morgan fingerprint density at radius 2 is 1.62 bits per heavy atom. The molecule has 0 saturated carbocycles. The average molecular weight is 411 g/mol. The van der Waals surface area contributed by atoms with Crippen LogP contribution in [0.3, 0.4) is 0 Å². The summed E-state index contributed by atoms with van der Waals surface area (Å²) in [5.41, 5.74) is 1.39. The number of carbonyl (C=O) groups excluding carboxylic acids is 2. The summed E-state index contributed by atoms with van der Waals surface area (Å²) >= 11 is 6.04. The number of anilines is 2. The number of rotatable bonds is 7. The van der Waals surface area contributed by atoms with Crippen LogP contribution in [-0.4, -0.2) is 25.5 Å². The molecule has 0 atom stereocenters. The molecule has 7 heteroatoms. The van der Waals surface area contributed by atoms with E-state index in [1.165, 1.54) is 13.2 Å². The molecule has 3 aromatic carbocycles. The molecule has 2 N–H and O–H groups in total. The number of hydrogen-bond donors (Lipinski definition) is 2. The van der Waals surface area contributed by atoms with Crippen molar-refractivity contribution >= 4 is 34.8 Å². The van der Waals surface area contributed by atoms with Crippen molar-refractivity contribution in [3.05, 3.63) is 83.4 Å². The molecule has 2 amide bonds. The monoisotopic (exact) mass is 410 g/mol. The topological polar surface area (TPSA) is 76.7 Å². The molecule has 0 aliphatic carbocycles. The summed E-state index contributed by atoms with van der Waals surface area (Å²) < 4.78 is 10.8. The first-order valence-corrected chi connectivity index (χ1v) is 9.16. The molecule has 0 heterocycles. The number of methoxy groups -OCH3 is 1. The first kappa shape index (κ1) is 20.2. The number of benzene rings is 3. The Bertz CT molecular complexity index is 1010. The number of nitrogens with one attached hydrogen (secondary N) is 2. The molecule has 0 aromatic heterocycles. The van der Waals surface area contributed by atoms with Crippen molar-refractivity contribution in [2.75, 3.05) is 24.4 Å². The van der Waals surface area contributed by atoms with E-state index in [1.54, 1.807) is 48.5 Å². The van der Waals surface area contributed by atoms with Gasteiger partial charge in [-0.1, -0.05) is 41.9 Å². The summed E-state index contributed by atoms with van der Waals surface area (Å²) in [6, 6.07) is 20.7. The molecule has 148 valence electrons. The van der Waals surface area contributed by atoms with Gasteiger partial charge in [0.05, 0.1) is 18.4 Å². The molecule has 0 aliphatic heterocycles. The van der Waals surface area contributed by atoms with Gasteiger partial charge in [-0.15, -0.1) is 0 Å². The fraction of sp³-hybridized carbons (Fsp3) is 0.0909. The zero-order valence-corrected chi connectivity index (χ0v) is 16.4. The van der Waals surface area contributed by atoms with Crippen molar-refractivity contribution in [1.29, 1.82) is 0 Å². The maximum atomic E-state index is 12.6. The van der Waals surface area contributed by atoms with E-state index in [-0.39, 0.29) is 29.7 Å². The van der Waals surface area contributed by atoms with Gasteiger partial charge in [0, 0.05) is 10.7 Å². The zero-order valence-electron chi connectivity index (χ0n) is 15.6. The molecule has 0 saturated heterocycles. The lowest BCUT2D eigenvalue weighted by Crippen LogP contribution is -2.22. The second-order valence-electron chi connectivity index (χ2n) is 6.00. The molecule has 0 fully saturated rings. The summed E-state index contributed by atoms with van der Waals surface area (Å²) in [6.45, 7) is -0.286. The predicted molar refractivity (Wildman–Crippen MR) is 113 cm³/mol. The van der Waals surface area contributed by atoms with Crippen molar-refractivity contribution in [1.82, 2.24) is 0 Å². The van der Waals surface area contributed by atoms with E-state index >= 15 is 0 Å². The lowest BCUT2D eigenvalue weighted by Gasteiger charge is -2.13. The smallest absolute Gasteiger partial charge is 0.262 e. The highest BCUT2D eigenvalue weighted by atomic mass is 35.5. The molecule has 3 rings (SSSR count). The standard InChI is InChI=1S/C22H19ClN2O4/c1-28-20-10-6-5-9-18(20)25-21(26)14-29-19-12-11-15(23)13-17(19)22(27)24-16-7-3-2-4-8-16/h2-13H,14H2,1H3,(H,24,27)(H,25,26). The van der Waals surface area contributed by atoms with E-state index in [9.17, 15) is 9.59 Å². The second-order valence-corrected chi connectivity index (χ2v) is 6.43. The van der Waals surface area contributed by atoms with E-state index in [2.05, 4.69) is 10.6 Å². The summed E-state index contributed by atoms with van der Waals surface area (Å²) in [7, 11) is 1.52. The molecule has 0 aliphatic rings. The van der Waals surface area contributed by atoms with Crippen LogP contribution in [0.1, 0.15) is 10.4 Å². The van der Waals surface area contributed by atoms with Crippen LogP contribution in [0.15, 0.2) is 72.8 Å². The van der Waals surface area contributed by atoms with Gasteiger partial charge in [0.15, 0.2) is 6.61 Å². The molecule has 0 unspecified atom stereocenters. The lowest BCUT2D eigenvalue weighted by molar-refractivity contribution is -0.118. The third-order valence-electron chi connectivity index (χ3n) is 3.96. The van der Waals surface area contributed by atoms with Crippen molar-refractivity contribution in [3.63, 3.8) is 0 Å². The van der Waals surface area contributed by atoms with Crippen LogP contribution in [0.2, 0.25) is 5.02 Å². The van der Waals surface area contributed by atoms with Crippen molar-refractivity contribution < 1.29 is 19.1 Å². The van der Waals surface area contributed by atoms with E-state index in [0.717, 1.165) is 0 Å². The van der Waals surface area contributed by atoms with Crippen LogP contribution in [0, 0.1) is 0 Å². The van der Waals surface area contributed by atoms with E-state index in [0.29, 0.717) is 22.1 Å². The number of para-hydroxylation sites is 3. The summed E-state index contributed by atoms with van der Waals surface area (Å²) in [6.07, 6.45) is 0. The largest absolute Gasteiger partial charge is 0.495 e. The number of carbonyl (C=O) groups is 2.